The molecule has 2 atom stereocenters. The van der Waals surface area contributed by atoms with Gasteiger partial charge in [0.15, 0.2) is 0 Å². The van der Waals surface area contributed by atoms with Crippen molar-refractivity contribution < 1.29 is 4.74 Å². The number of ether oxygens (including phenoxy) is 1. The molecule has 1 aromatic rings. The highest BCUT2D eigenvalue weighted by Crippen LogP contribution is 2.32. The molecule has 0 saturated carbocycles. The Balaban J connectivity index is 3.05. The summed E-state index contributed by atoms with van der Waals surface area (Å²) in [5.74, 6) is 1.63. The van der Waals surface area contributed by atoms with Crippen LogP contribution < -0.4 is 10.1 Å². The predicted octanol–water partition coefficient (Wildman–Crippen LogP) is 4.09. The van der Waals surface area contributed by atoms with Gasteiger partial charge in [0, 0.05) is 11.6 Å². The Bertz CT molecular complexity index is 362. The first-order valence-corrected chi connectivity index (χ1v) is 7.04. The number of nitrogens with one attached hydrogen (secondary N) is 1. The van der Waals surface area contributed by atoms with Crippen molar-refractivity contribution in [2.24, 2.45) is 5.92 Å². The van der Waals surface area contributed by atoms with Crippen molar-refractivity contribution >= 4 is 0 Å². The van der Waals surface area contributed by atoms with Crippen molar-refractivity contribution in [3.63, 3.8) is 0 Å². The minimum absolute atomic E-state index is 0.367. The van der Waals surface area contributed by atoms with Gasteiger partial charge in [-0.05, 0) is 39.3 Å². The third-order valence-corrected chi connectivity index (χ3v) is 3.42. The van der Waals surface area contributed by atoms with Crippen LogP contribution in [0.1, 0.15) is 50.8 Å². The molecule has 0 bridgehead atoms. The molecule has 2 heteroatoms. The van der Waals surface area contributed by atoms with E-state index in [2.05, 4.69) is 44.3 Å². The minimum Gasteiger partial charge on any atom is -0.494 e. The average molecular weight is 249 g/mol. The molecular weight excluding hydrogens is 222 g/mol. The van der Waals surface area contributed by atoms with E-state index in [1.165, 1.54) is 24.0 Å². The molecule has 0 radical (unpaired) electrons. The molecular formula is C16H27NO. The summed E-state index contributed by atoms with van der Waals surface area (Å²) >= 11 is 0. The summed E-state index contributed by atoms with van der Waals surface area (Å²) in [7, 11) is 2.04. The molecule has 0 aromatic heterocycles. The van der Waals surface area contributed by atoms with Gasteiger partial charge in [-0.2, -0.15) is 0 Å². The molecule has 0 aliphatic heterocycles. The number of hydrogen-bond donors (Lipinski definition) is 1. The maximum atomic E-state index is 5.76. The quantitative estimate of drug-likeness (QED) is 0.786. The van der Waals surface area contributed by atoms with Crippen LogP contribution in [0.25, 0.3) is 0 Å². The second-order valence-corrected chi connectivity index (χ2v) is 5.01. The Morgan fingerprint density at radius 2 is 2.00 bits per heavy atom. The van der Waals surface area contributed by atoms with Crippen LogP contribution in [0, 0.1) is 12.8 Å². The number of hydrogen-bond acceptors (Lipinski definition) is 2. The lowest BCUT2D eigenvalue weighted by molar-refractivity contribution is 0.318. The molecule has 0 aliphatic rings. The summed E-state index contributed by atoms with van der Waals surface area (Å²) in [6, 6.07) is 6.83. The summed E-state index contributed by atoms with van der Waals surface area (Å²) in [5, 5.41) is 3.45. The van der Waals surface area contributed by atoms with Crippen molar-refractivity contribution in [3.05, 3.63) is 29.3 Å². The molecule has 102 valence electrons. The first-order chi connectivity index (χ1) is 8.63. The standard InChI is InChI=1S/C16H27NO/c1-6-8-13(4)16(17-5)14-11-12(3)9-10-15(14)18-7-2/h9-11,13,16-17H,6-8H2,1-5H3. The number of rotatable bonds is 7. The maximum Gasteiger partial charge on any atom is 0.124 e. The van der Waals surface area contributed by atoms with E-state index in [9.17, 15) is 0 Å². The first kappa shape index (κ1) is 15.0. The van der Waals surface area contributed by atoms with Gasteiger partial charge in [-0.3, -0.25) is 0 Å². The highest BCUT2D eigenvalue weighted by molar-refractivity contribution is 5.39. The van der Waals surface area contributed by atoms with E-state index in [1.807, 2.05) is 14.0 Å². The fraction of sp³-hybridized carbons (Fsp3) is 0.625. The summed E-state index contributed by atoms with van der Waals surface area (Å²) < 4.78 is 5.76. The normalized spacial score (nSPS) is 14.3. The molecule has 0 saturated heterocycles. The topological polar surface area (TPSA) is 21.3 Å². The zero-order valence-electron chi connectivity index (χ0n) is 12.4. The van der Waals surface area contributed by atoms with Crippen LogP contribution >= 0.6 is 0 Å². The van der Waals surface area contributed by atoms with Crippen molar-refractivity contribution in [1.82, 2.24) is 5.32 Å². The molecule has 0 fully saturated rings. The Morgan fingerprint density at radius 1 is 1.28 bits per heavy atom. The highest BCUT2D eigenvalue weighted by atomic mass is 16.5. The molecule has 0 spiro atoms. The van der Waals surface area contributed by atoms with Crippen LogP contribution in [-0.4, -0.2) is 13.7 Å². The van der Waals surface area contributed by atoms with Crippen LogP contribution in [0.5, 0.6) is 5.75 Å². The summed E-state index contributed by atoms with van der Waals surface area (Å²) in [6.07, 6.45) is 2.44. The monoisotopic (exact) mass is 249 g/mol. The van der Waals surface area contributed by atoms with E-state index >= 15 is 0 Å². The molecule has 2 nitrogen and oxygen atoms in total. The van der Waals surface area contributed by atoms with E-state index < -0.39 is 0 Å². The maximum absolute atomic E-state index is 5.76. The molecule has 0 heterocycles. The van der Waals surface area contributed by atoms with Gasteiger partial charge in [-0.25, -0.2) is 0 Å². The summed E-state index contributed by atoms with van der Waals surface area (Å²) in [4.78, 5) is 0. The summed E-state index contributed by atoms with van der Waals surface area (Å²) in [5.41, 5.74) is 2.58. The SMILES string of the molecule is CCCC(C)C(NC)c1cc(C)ccc1OCC. The zero-order valence-corrected chi connectivity index (χ0v) is 12.4. The lowest BCUT2D eigenvalue weighted by atomic mass is 9.90. The van der Waals surface area contributed by atoms with Crippen molar-refractivity contribution in [3.8, 4) is 5.75 Å². The lowest BCUT2D eigenvalue weighted by Gasteiger charge is -2.26. The van der Waals surface area contributed by atoms with Crippen LogP contribution in [-0.2, 0) is 0 Å². The van der Waals surface area contributed by atoms with E-state index in [4.69, 9.17) is 4.74 Å². The minimum atomic E-state index is 0.367. The van der Waals surface area contributed by atoms with Crippen LogP contribution in [0.3, 0.4) is 0 Å². The third kappa shape index (κ3) is 3.74. The fourth-order valence-corrected chi connectivity index (χ4v) is 2.57. The Labute approximate surface area is 112 Å². The Kier molecular flexibility index (Phi) is 6.20. The van der Waals surface area contributed by atoms with E-state index in [1.54, 1.807) is 0 Å². The average Bonchev–Trinajstić information content (AvgIpc) is 2.34. The van der Waals surface area contributed by atoms with Crippen LogP contribution in [0.15, 0.2) is 18.2 Å². The van der Waals surface area contributed by atoms with Gasteiger partial charge in [0.1, 0.15) is 5.75 Å². The van der Waals surface area contributed by atoms with E-state index in [0.29, 0.717) is 18.6 Å². The molecule has 18 heavy (non-hydrogen) atoms. The van der Waals surface area contributed by atoms with Crippen LogP contribution in [0.4, 0.5) is 0 Å². The fourth-order valence-electron chi connectivity index (χ4n) is 2.57. The van der Waals surface area contributed by atoms with E-state index in [-0.39, 0.29) is 0 Å². The molecule has 1 rings (SSSR count). The second-order valence-electron chi connectivity index (χ2n) is 5.01. The molecule has 2 unspecified atom stereocenters. The Morgan fingerprint density at radius 3 is 2.56 bits per heavy atom. The van der Waals surface area contributed by atoms with Gasteiger partial charge in [0.25, 0.3) is 0 Å². The number of benzene rings is 1. The van der Waals surface area contributed by atoms with Gasteiger partial charge >= 0.3 is 0 Å². The zero-order chi connectivity index (χ0) is 13.5. The van der Waals surface area contributed by atoms with Gasteiger partial charge < -0.3 is 10.1 Å². The largest absolute Gasteiger partial charge is 0.494 e. The Hall–Kier alpha value is -1.02. The lowest BCUT2D eigenvalue weighted by Crippen LogP contribution is -2.24. The second kappa shape index (κ2) is 7.42. The van der Waals surface area contributed by atoms with Gasteiger partial charge in [-0.15, -0.1) is 0 Å². The van der Waals surface area contributed by atoms with Crippen molar-refractivity contribution in [1.29, 1.82) is 0 Å². The molecule has 0 amide bonds. The molecule has 1 aromatic carbocycles. The van der Waals surface area contributed by atoms with Crippen molar-refractivity contribution in [2.45, 2.75) is 46.6 Å². The smallest absolute Gasteiger partial charge is 0.124 e. The molecule has 0 aliphatic carbocycles. The molecule has 1 N–H and O–H groups in total. The van der Waals surface area contributed by atoms with Crippen molar-refractivity contribution in [2.75, 3.05) is 13.7 Å². The number of aryl methyl sites for hydroxylation is 1. The summed E-state index contributed by atoms with van der Waals surface area (Å²) in [6.45, 7) is 9.43. The van der Waals surface area contributed by atoms with Crippen LogP contribution in [0.2, 0.25) is 0 Å². The highest BCUT2D eigenvalue weighted by Gasteiger charge is 2.20. The first-order valence-electron chi connectivity index (χ1n) is 7.04. The predicted molar refractivity (Wildman–Crippen MR) is 78.2 cm³/mol. The van der Waals surface area contributed by atoms with E-state index in [0.717, 1.165) is 5.75 Å². The third-order valence-electron chi connectivity index (χ3n) is 3.42. The van der Waals surface area contributed by atoms with Gasteiger partial charge in [0.05, 0.1) is 6.61 Å². The van der Waals surface area contributed by atoms with Gasteiger partial charge in [-0.1, -0.05) is 38.0 Å². The van der Waals surface area contributed by atoms with Gasteiger partial charge in [0.2, 0.25) is 0 Å².